The van der Waals surface area contributed by atoms with Crippen molar-refractivity contribution in [2.24, 2.45) is 0 Å². The summed E-state index contributed by atoms with van der Waals surface area (Å²) in [6.45, 7) is 0.617. The van der Waals surface area contributed by atoms with E-state index in [0.717, 1.165) is 18.4 Å². The Morgan fingerprint density at radius 3 is 2.71 bits per heavy atom. The first-order valence-corrected chi connectivity index (χ1v) is 7.65. The van der Waals surface area contributed by atoms with Gasteiger partial charge >= 0.3 is 6.03 Å². The molecule has 24 heavy (non-hydrogen) atoms. The van der Waals surface area contributed by atoms with Crippen LogP contribution in [0.25, 0.3) is 0 Å². The average Bonchev–Trinajstić information content (AvgIpc) is 3.05. The summed E-state index contributed by atoms with van der Waals surface area (Å²) >= 11 is 0. The van der Waals surface area contributed by atoms with E-state index in [9.17, 15) is 20.0 Å². The van der Waals surface area contributed by atoms with Crippen molar-refractivity contribution >= 4 is 17.4 Å². The van der Waals surface area contributed by atoms with E-state index in [0.29, 0.717) is 12.2 Å². The van der Waals surface area contributed by atoms with E-state index >= 15 is 0 Å². The van der Waals surface area contributed by atoms with Crippen LogP contribution in [-0.4, -0.2) is 27.5 Å². The molecule has 124 valence electrons. The van der Waals surface area contributed by atoms with Crippen molar-refractivity contribution in [1.82, 2.24) is 4.90 Å². The number of hydrogen-bond acceptors (Lipinski definition) is 4. The summed E-state index contributed by atoms with van der Waals surface area (Å²) < 4.78 is 0. The molecule has 0 radical (unpaired) electrons. The summed E-state index contributed by atoms with van der Waals surface area (Å²) in [5.41, 5.74) is 1.29. The fraction of sp³-hybridized carbons (Fsp3) is 0.235. The van der Waals surface area contributed by atoms with E-state index in [1.54, 1.807) is 35.2 Å². The highest BCUT2D eigenvalue weighted by Gasteiger charge is 2.30. The van der Waals surface area contributed by atoms with Crippen molar-refractivity contribution in [1.29, 1.82) is 0 Å². The highest BCUT2D eigenvalue weighted by Crippen LogP contribution is 2.33. The van der Waals surface area contributed by atoms with Gasteiger partial charge in [-0.3, -0.25) is 10.1 Å². The summed E-state index contributed by atoms with van der Waals surface area (Å²) in [7, 11) is 0. The number of nitro benzene ring substituents is 1. The van der Waals surface area contributed by atoms with Gasteiger partial charge in [0.1, 0.15) is 5.75 Å². The average molecular weight is 327 g/mol. The molecule has 1 saturated heterocycles. The number of phenols is 1. The molecule has 0 spiro atoms. The van der Waals surface area contributed by atoms with Crippen LogP contribution in [0, 0.1) is 10.1 Å². The molecule has 0 saturated carbocycles. The van der Waals surface area contributed by atoms with Crippen LogP contribution in [0.15, 0.2) is 48.5 Å². The van der Waals surface area contributed by atoms with Gasteiger partial charge in [0.2, 0.25) is 0 Å². The molecule has 0 unspecified atom stereocenters. The van der Waals surface area contributed by atoms with Gasteiger partial charge in [-0.15, -0.1) is 0 Å². The van der Waals surface area contributed by atoms with Crippen LogP contribution < -0.4 is 5.32 Å². The van der Waals surface area contributed by atoms with Gasteiger partial charge in [0.05, 0.1) is 11.0 Å². The molecule has 0 aliphatic carbocycles. The molecule has 1 atom stereocenters. The van der Waals surface area contributed by atoms with E-state index in [4.69, 9.17) is 0 Å². The smallest absolute Gasteiger partial charge is 0.322 e. The van der Waals surface area contributed by atoms with E-state index in [-0.39, 0.29) is 23.5 Å². The minimum atomic E-state index is -0.495. The molecule has 2 aromatic rings. The van der Waals surface area contributed by atoms with Crippen molar-refractivity contribution in [3.63, 3.8) is 0 Å². The fourth-order valence-electron chi connectivity index (χ4n) is 2.95. The number of carbonyl (C=O) groups excluding carboxylic acids is 1. The lowest BCUT2D eigenvalue weighted by atomic mass is 10.0. The summed E-state index contributed by atoms with van der Waals surface area (Å²) in [4.78, 5) is 24.6. The number of urea groups is 1. The zero-order chi connectivity index (χ0) is 17.1. The highest BCUT2D eigenvalue weighted by molar-refractivity contribution is 5.90. The predicted molar refractivity (Wildman–Crippen MR) is 88.9 cm³/mol. The minimum Gasteiger partial charge on any atom is -0.508 e. The second kappa shape index (κ2) is 6.57. The molecule has 2 amide bonds. The predicted octanol–water partition coefficient (Wildman–Crippen LogP) is 3.67. The summed E-state index contributed by atoms with van der Waals surface area (Å²) in [5, 5.41) is 22.9. The maximum atomic E-state index is 12.5. The van der Waals surface area contributed by atoms with E-state index < -0.39 is 4.92 Å². The van der Waals surface area contributed by atoms with Gasteiger partial charge in [0.15, 0.2) is 0 Å². The molecule has 3 rings (SSSR count). The van der Waals surface area contributed by atoms with Crippen LogP contribution in [-0.2, 0) is 0 Å². The van der Waals surface area contributed by atoms with Crippen LogP contribution >= 0.6 is 0 Å². The third kappa shape index (κ3) is 3.29. The number of nitrogens with zero attached hydrogens (tertiary/aromatic N) is 2. The normalized spacial score (nSPS) is 16.8. The number of amides is 2. The Hall–Kier alpha value is -3.09. The zero-order valence-electron chi connectivity index (χ0n) is 12.9. The van der Waals surface area contributed by atoms with Crippen molar-refractivity contribution < 1.29 is 14.8 Å². The van der Waals surface area contributed by atoms with Gasteiger partial charge in [-0.05, 0) is 36.6 Å². The van der Waals surface area contributed by atoms with Gasteiger partial charge < -0.3 is 15.3 Å². The van der Waals surface area contributed by atoms with Crippen molar-refractivity contribution in [3.05, 3.63) is 64.2 Å². The number of aromatic hydroxyl groups is 1. The number of anilines is 1. The van der Waals surface area contributed by atoms with Crippen molar-refractivity contribution in [2.75, 3.05) is 11.9 Å². The standard InChI is InChI=1S/C17H17N3O4/c21-15-8-6-12(7-9-15)16-5-2-10-19(16)17(22)18-13-3-1-4-14(11-13)20(23)24/h1,3-4,6-9,11,16,21H,2,5,10H2,(H,18,22)/t16-/m1/s1. The maximum absolute atomic E-state index is 12.5. The number of nitro groups is 1. The summed E-state index contributed by atoms with van der Waals surface area (Å²) in [6, 6.07) is 12.3. The Balaban J connectivity index is 1.75. The molecule has 0 aromatic heterocycles. The molecular weight excluding hydrogens is 310 g/mol. The number of hydrogen-bond donors (Lipinski definition) is 2. The van der Waals surface area contributed by atoms with E-state index in [1.807, 2.05) is 0 Å². The first-order chi connectivity index (χ1) is 11.5. The quantitative estimate of drug-likeness (QED) is 0.664. The first-order valence-electron chi connectivity index (χ1n) is 7.65. The molecule has 7 heteroatoms. The van der Waals surface area contributed by atoms with Gasteiger partial charge in [0, 0.05) is 24.4 Å². The molecular formula is C17H17N3O4. The molecule has 1 aliphatic heterocycles. The minimum absolute atomic E-state index is 0.0655. The third-order valence-electron chi connectivity index (χ3n) is 4.10. The molecule has 2 aromatic carbocycles. The summed E-state index contributed by atoms with van der Waals surface area (Å²) in [5.74, 6) is 0.185. The topological polar surface area (TPSA) is 95.7 Å². The fourth-order valence-corrected chi connectivity index (χ4v) is 2.95. The monoisotopic (exact) mass is 327 g/mol. The first kappa shape index (κ1) is 15.8. The number of rotatable bonds is 3. The molecule has 1 aliphatic rings. The molecule has 1 fully saturated rings. The van der Waals surface area contributed by atoms with Gasteiger partial charge in [-0.2, -0.15) is 0 Å². The Bertz CT molecular complexity index is 761. The third-order valence-corrected chi connectivity index (χ3v) is 4.10. The second-order valence-electron chi connectivity index (χ2n) is 5.68. The Morgan fingerprint density at radius 2 is 2.00 bits per heavy atom. The lowest BCUT2D eigenvalue weighted by Crippen LogP contribution is -2.34. The number of benzene rings is 2. The Labute approximate surface area is 138 Å². The number of nitrogens with one attached hydrogen (secondary N) is 1. The van der Waals surface area contributed by atoms with E-state index in [1.165, 1.54) is 18.2 Å². The Morgan fingerprint density at radius 1 is 1.25 bits per heavy atom. The highest BCUT2D eigenvalue weighted by atomic mass is 16.6. The van der Waals surface area contributed by atoms with Crippen LogP contribution in [0.1, 0.15) is 24.4 Å². The SMILES string of the molecule is O=C(Nc1cccc([N+](=O)[O-])c1)N1CCC[C@@H]1c1ccc(O)cc1. The number of likely N-dealkylation sites (tertiary alicyclic amines) is 1. The number of phenolic OH excluding ortho intramolecular Hbond substituents is 1. The molecule has 2 N–H and O–H groups in total. The maximum Gasteiger partial charge on any atom is 0.322 e. The number of carbonyl (C=O) groups is 1. The van der Waals surface area contributed by atoms with Crippen LogP contribution in [0.3, 0.4) is 0 Å². The summed E-state index contributed by atoms with van der Waals surface area (Å²) in [6.07, 6.45) is 1.72. The molecule has 1 heterocycles. The van der Waals surface area contributed by atoms with Crippen LogP contribution in [0.4, 0.5) is 16.2 Å². The Kier molecular flexibility index (Phi) is 4.33. The lowest BCUT2D eigenvalue weighted by molar-refractivity contribution is -0.384. The largest absolute Gasteiger partial charge is 0.508 e. The van der Waals surface area contributed by atoms with Crippen molar-refractivity contribution in [2.45, 2.75) is 18.9 Å². The zero-order valence-corrected chi connectivity index (χ0v) is 12.9. The molecule has 0 bridgehead atoms. The van der Waals surface area contributed by atoms with E-state index in [2.05, 4.69) is 5.32 Å². The van der Waals surface area contributed by atoms with Crippen LogP contribution in [0.5, 0.6) is 5.75 Å². The van der Waals surface area contributed by atoms with Crippen molar-refractivity contribution in [3.8, 4) is 5.75 Å². The van der Waals surface area contributed by atoms with Gasteiger partial charge in [0.25, 0.3) is 5.69 Å². The van der Waals surface area contributed by atoms with Gasteiger partial charge in [-0.25, -0.2) is 4.79 Å². The van der Waals surface area contributed by atoms with Crippen LogP contribution in [0.2, 0.25) is 0 Å². The number of non-ortho nitro benzene ring substituents is 1. The lowest BCUT2D eigenvalue weighted by Gasteiger charge is -2.25. The van der Waals surface area contributed by atoms with Gasteiger partial charge in [-0.1, -0.05) is 18.2 Å². The second-order valence-corrected chi connectivity index (χ2v) is 5.68. The molecule has 7 nitrogen and oxygen atoms in total.